The normalized spacial score (nSPS) is 13.9. The minimum Gasteiger partial charge on any atom is -0.373 e. The Morgan fingerprint density at radius 3 is 0.848 bits per heavy atom. The van der Waals surface area contributed by atoms with E-state index in [1.54, 1.807) is 0 Å². The first kappa shape index (κ1) is 23.0. The highest BCUT2D eigenvalue weighted by atomic mass is 16.5. The van der Waals surface area contributed by atoms with Crippen LogP contribution in [0.1, 0.15) is 49.9 Å². The molecular weight excluding hydrogens is 400 g/mol. The van der Waals surface area contributed by atoms with Crippen molar-refractivity contribution in [3.05, 3.63) is 144 Å². The van der Waals surface area contributed by atoms with Gasteiger partial charge in [-0.15, -0.1) is 0 Å². The van der Waals surface area contributed by atoms with Gasteiger partial charge in [-0.05, 0) is 49.9 Å². The van der Waals surface area contributed by atoms with Crippen LogP contribution in [-0.4, -0.2) is 12.2 Å². The Bertz CT molecular complexity index is 948. The van der Waals surface area contributed by atoms with Crippen molar-refractivity contribution in [3.63, 3.8) is 0 Å². The van der Waals surface area contributed by atoms with E-state index < -0.39 is 0 Å². The fourth-order valence-electron chi connectivity index (χ4n) is 4.99. The minimum atomic E-state index is -0.287. The maximum atomic E-state index is 7.00. The molecule has 0 bridgehead atoms. The summed E-state index contributed by atoms with van der Waals surface area (Å²) in [6.07, 6.45) is -0.104. The molecule has 33 heavy (non-hydrogen) atoms. The summed E-state index contributed by atoms with van der Waals surface area (Å²) >= 11 is 0. The molecule has 0 aliphatic heterocycles. The molecule has 0 aliphatic rings. The molecule has 168 valence electrons. The zero-order valence-corrected chi connectivity index (χ0v) is 20.1. The Balaban J connectivity index is 1.75. The summed E-state index contributed by atoms with van der Waals surface area (Å²) in [4.78, 5) is 0. The lowest BCUT2D eigenvalue weighted by molar-refractivity contribution is -0.0486. The van der Waals surface area contributed by atoms with Crippen molar-refractivity contribution in [1.29, 1.82) is 0 Å². The van der Waals surface area contributed by atoms with E-state index in [1.165, 1.54) is 22.3 Å². The van der Waals surface area contributed by atoms with Gasteiger partial charge in [0.1, 0.15) is 0 Å². The van der Waals surface area contributed by atoms with E-state index in [0.29, 0.717) is 0 Å². The highest BCUT2D eigenvalue weighted by Crippen LogP contribution is 2.41. The van der Waals surface area contributed by atoms with E-state index >= 15 is 0 Å². The molecule has 0 aromatic heterocycles. The molecule has 4 aromatic rings. The van der Waals surface area contributed by atoms with Gasteiger partial charge in [-0.2, -0.15) is 0 Å². The van der Waals surface area contributed by atoms with Gasteiger partial charge in [0.2, 0.25) is 0 Å². The van der Waals surface area contributed by atoms with Crippen LogP contribution in [0.5, 0.6) is 0 Å². The fourth-order valence-corrected chi connectivity index (χ4v) is 4.99. The number of benzene rings is 4. The number of hydrogen-bond acceptors (Lipinski definition) is 1. The molecule has 0 spiro atoms. The third-order valence-electron chi connectivity index (χ3n) is 7.53. The average molecular weight is 435 g/mol. The summed E-state index contributed by atoms with van der Waals surface area (Å²) in [5.41, 5.74) is 4.47. The van der Waals surface area contributed by atoms with E-state index in [-0.39, 0.29) is 23.0 Å². The van der Waals surface area contributed by atoms with Gasteiger partial charge in [0, 0.05) is 10.8 Å². The molecule has 2 atom stereocenters. The molecule has 1 nitrogen and oxygen atoms in total. The molecule has 0 amide bonds. The summed E-state index contributed by atoms with van der Waals surface area (Å²) in [6.45, 7) is 9.04. The van der Waals surface area contributed by atoms with Crippen molar-refractivity contribution in [2.24, 2.45) is 0 Å². The predicted octanol–water partition coefficient (Wildman–Crippen LogP) is 7.79. The summed E-state index contributed by atoms with van der Waals surface area (Å²) in [5, 5.41) is 0. The van der Waals surface area contributed by atoms with Crippen LogP contribution in [-0.2, 0) is 15.6 Å². The predicted molar refractivity (Wildman–Crippen MR) is 139 cm³/mol. The molecule has 0 fully saturated rings. The molecule has 0 heterocycles. The first-order valence-electron chi connectivity index (χ1n) is 11.8. The van der Waals surface area contributed by atoms with Crippen LogP contribution in [0, 0.1) is 0 Å². The molecule has 0 radical (unpaired) electrons. The molecule has 0 aliphatic carbocycles. The van der Waals surface area contributed by atoms with Gasteiger partial charge >= 0.3 is 0 Å². The third kappa shape index (κ3) is 4.38. The second-order valence-corrected chi connectivity index (χ2v) is 9.29. The van der Waals surface area contributed by atoms with E-state index in [4.69, 9.17) is 4.74 Å². The number of rotatable bonds is 8. The fraction of sp³-hybridized carbons (Fsp3) is 0.250. The van der Waals surface area contributed by atoms with E-state index in [0.717, 1.165) is 0 Å². The van der Waals surface area contributed by atoms with E-state index in [1.807, 2.05) is 0 Å². The van der Waals surface area contributed by atoms with E-state index in [2.05, 4.69) is 149 Å². The summed E-state index contributed by atoms with van der Waals surface area (Å²) in [7, 11) is 0. The molecular formula is C32H34O. The summed E-state index contributed by atoms with van der Waals surface area (Å²) < 4.78 is 7.00. The van der Waals surface area contributed by atoms with Crippen molar-refractivity contribution in [1.82, 2.24) is 0 Å². The lowest BCUT2D eigenvalue weighted by Crippen LogP contribution is -2.45. The van der Waals surface area contributed by atoms with Gasteiger partial charge in [-0.25, -0.2) is 0 Å². The first-order valence-corrected chi connectivity index (χ1v) is 11.8. The molecule has 0 saturated heterocycles. The molecule has 4 rings (SSSR count). The van der Waals surface area contributed by atoms with Crippen molar-refractivity contribution < 1.29 is 4.74 Å². The summed E-state index contributed by atoms with van der Waals surface area (Å²) in [6, 6.07) is 42.9. The monoisotopic (exact) mass is 434 g/mol. The highest BCUT2D eigenvalue weighted by Gasteiger charge is 2.41. The molecule has 2 unspecified atom stereocenters. The van der Waals surface area contributed by atoms with Crippen LogP contribution in [0.15, 0.2) is 121 Å². The zero-order valence-electron chi connectivity index (χ0n) is 20.1. The van der Waals surface area contributed by atoms with Crippen molar-refractivity contribution in [3.8, 4) is 0 Å². The first-order chi connectivity index (χ1) is 16.0. The lowest BCUT2D eigenvalue weighted by atomic mass is 9.70. The van der Waals surface area contributed by atoms with E-state index in [9.17, 15) is 0 Å². The summed E-state index contributed by atoms with van der Waals surface area (Å²) in [5.74, 6) is 0. The van der Waals surface area contributed by atoms with Crippen LogP contribution >= 0.6 is 0 Å². The van der Waals surface area contributed by atoms with Crippen molar-refractivity contribution in [2.75, 3.05) is 0 Å². The Kier molecular flexibility index (Phi) is 6.81. The third-order valence-corrected chi connectivity index (χ3v) is 7.53. The Morgan fingerprint density at radius 1 is 0.424 bits per heavy atom. The number of ether oxygens (including phenoxy) is 1. The Hall–Kier alpha value is -3.16. The zero-order chi connectivity index (χ0) is 23.3. The van der Waals surface area contributed by atoms with Gasteiger partial charge in [0.05, 0.1) is 12.2 Å². The van der Waals surface area contributed by atoms with Crippen LogP contribution in [0.4, 0.5) is 0 Å². The quantitative estimate of drug-likeness (QED) is 0.275. The maximum absolute atomic E-state index is 7.00. The van der Waals surface area contributed by atoms with Crippen LogP contribution in [0.25, 0.3) is 0 Å². The second kappa shape index (κ2) is 9.77. The largest absolute Gasteiger partial charge is 0.373 e. The van der Waals surface area contributed by atoms with Crippen LogP contribution in [0.3, 0.4) is 0 Å². The topological polar surface area (TPSA) is 9.23 Å². The van der Waals surface area contributed by atoms with Crippen molar-refractivity contribution in [2.45, 2.75) is 50.7 Å². The Labute approximate surface area is 199 Å². The molecule has 4 aromatic carbocycles. The Morgan fingerprint density at radius 2 is 0.636 bits per heavy atom. The van der Waals surface area contributed by atoms with Gasteiger partial charge < -0.3 is 4.74 Å². The van der Waals surface area contributed by atoms with Crippen LogP contribution in [0.2, 0.25) is 0 Å². The smallest absolute Gasteiger partial charge is 0.0685 e. The minimum absolute atomic E-state index is 0.0518. The van der Waals surface area contributed by atoms with Gasteiger partial charge in [-0.3, -0.25) is 0 Å². The second-order valence-electron chi connectivity index (χ2n) is 9.29. The SMILES string of the molecule is CC(OC(C)C(C)(c1ccccc1)c1ccccc1)C(C)(c1ccccc1)c1ccccc1. The number of hydrogen-bond donors (Lipinski definition) is 0. The van der Waals surface area contributed by atoms with Gasteiger partial charge in [0.15, 0.2) is 0 Å². The van der Waals surface area contributed by atoms with Gasteiger partial charge in [0.25, 0.3) is 0 Å². The van der Waals surface area contributed by atoms with Crippen molar-refractivity contribution >= 4 is 0 Å². The van der Waals surface area contributed by atoms with Crippen LogP contribution < -0.4 is 0 Å². The standard InChI is InChI=1S/C32H34O/c1-25(31(3,27-17-9-5-10-18-27)28-19-11-6-12-20-28)33-26(2)32(4,29-21-13-7-14-22-29)30-23-15-8-16-24-30/h5-26H,1-4H3. The average Bonchev–Trinajstić information content (AvgIpc) is 2.89. The molecule has 1 heteroatoms. The lowest BCUT2D eigenvalue weighted by Gasteiger charge is -2.43. The molecule has 0 N–H and O–H groups in total. The van der Waals surface area contributed by atoms with Gasteiger partial charge in [-0.1, -0.05) is 121 Å². The maximum Gasteiger partial charge on any atom is 0.0685 e. The molecule has 0 saturated carbocycles. The highest BCUT2D eigenvalue weighted by molar-refractivity contribution is 5.42.